The van der Waals surface area contributed by atoms with E-state index in [-0.39, 0.29) is 3.41 Å². The first-order valence-corrected chi connectivity index (χ1v) is 12.6. The molecule has 2 atom stereocenters. The third-order valence-corrected chi connectivity index (χ3v) is 9.22. The molecule has 0 aromatic heterocycles. The van der Waals surface area contributed by atoms with E-state index in [0.29, 0.717) is 11.2 Å². The minimum absolute atomic E-state index is 0.0946. The van der Waals surface area contributed by atoms with Crippen molar-refractivity contribution in [3.05, 3.63) is 0 Å². The summed E-state index contributed by atoms with van der Waals surface area (Å²) in [6, 6.07) is 0. The summed E-state index contributed by atoms with van der Waals surface area (Å²) < 4.78 is -0.0946. The quantitative estimate of drug-likeness (QED) is 0.124. The molecule has 128 valence electrons. The second kappa shape index (κ2) is 15.1. The Labute approximate surface area is 172 Å². The maximum absolute atomic E-state index is 4.94. The molecule has 8 heteroatoms. The van der Waals surface area contributed by atoms with Crippen molar-refractivity contribution in [1.82, 2.24) is 0 Å². The Balaban J connectivity index is 4.48. The van der Waals surface area contributed by atoms with Crippen LogP contribution in [0.2, 0.25) is 0 Å². The van der Waals surface area contributed by atoms with Crippen LogP contribution in [0.25, 0.3) is 0 Å². The molecule has 0 aromatic carbocycles. The van der Waals surface area contributed by atoms with E-state index >= 15 is 0 Å². The van der Waals surface area contributed by atoms with E-state index in [1.165, 1.54) is 19.3 Å². The maximum Gasteiger partial charge on any atom is 0.105 e. The Bertz CT molecular complexity index is 230. The van der Waals surface area contributed by atoms with E-state index in [4.69, 9.17) is 25.3 Å². The lowest BCUT2D eigenvalue weighted by Crippen LogP contribution is -2.26. The van der Waals surface area contributed by atoms with E-state index in [9.17, 15) is 0 Å². The second-order valence-electron chi connectivity index (χ2n) is 4.79. The van der Waals surface area contributed by atoms with Gasteiger partial charge in [0.15, 0.2) is 0 Å². The fraction of sp³-hybridized carbons (Fsp3) is 1.00. The average molecular weight is 441 g/mol. The molecule has 0 aromatic rings. The Kier molecular flexibility index (Phi) is 17.1. The molecule has 0 saturated heterocycles. The van der Waals surface area contributed by atoms with Gasteiger partial charge in [0.05, 0.1) is 0 Å². The predicted molar refractivity (Wildman–Crippen MR) is 127 cm³/mol. The molecule has 2 unspecified atom stereocenters. The number of unbranched alkanes of at least 4 members (excludes halogenated alkanes) is 1. The average Bonchev–Trinajstić information content (AvgIpc) is 2.47. The van der Waals surface area contributed by atoms with Crippen LogP contribution in [-0.2, 0) is 0 Å². The van der Waals surface area contributed by atoms with Gasteiger partial charge in [-0.15, -0.1) is 23.5 Å². The van der Waals surface area contributed by atoms with Gasteiger partial charge in [0.25, 0.3) is 0 Å². The van der Waals surface area contributed by atoms with Crippen molar-refractivity contribution in [3.8, 4) is 0 Å². The normalized spacial score (nSPS) is 15.1. The topological polar surface area (TPSA) is 0 Å². The lowest BCUT2D eigenvalue weighted by atomic mass is 9.98. The highest BCUT2D eigenvalue weighted by Gasteiger charge is 2.31. The van der Waals surface area contributed by atoms with Crippen LogP contribution < -0.4 is 0 Å². The van der Waals surface area contributed by atoms with E-state index in [0.717, 1.165) is 40.9 Å². The van der Waals surface area contributed by atoms with Crippen molar-refractivity contribution in [3.63, 3.8) is 0 Å². The van der Waals surface area contributed by atoms with E-state index in [2.05, 4.69) is 50.5 Å². The molecule has 0 spiro atoms. The summed E-state index contributed by atoms with van der Waals surface area (Å²) in [5.74, 6) is 6.17. The molecular weight excluding hydrogens is 413 g/mol. The van der Waals surface area contributed by atoms with Crippen LogP contribution in [0, 0.1) is 5.92 Å². The molecule has 21 heavy (non-hydrogen) atoms. The molecule has 0 nitrogen and oxygen atoms in total. The van der Waals surface area contributed by atoms with Gasteiger partial charge in [-0.2, -0.15) is 75.8 Å². The van der Waals surface area contributed by atoms with Gasteiger partial charge in [0.2, 0.25) is 0 Å². The zero-order valence-corrected chi connectivity index (χ0v) is 19.2. The first-order chi connectivity index (χ1) is 10.0. The standard InChI is InChI=1S/C13H28S8/c14-4-2-1-3-11(10-17)12(18)9-13(19,20-7-5-15)21-8-6-16/h11-12,14-19H,1-10H2. The number of thiol groups is 6. The highest BCUT2D eigenvalue weighted by Crippen LogP contribution is 2.46. The Morgan fingerprint density at radius 2 is 1.43 bits per heavy atom. The first kappa shape index (κ1) is 23.8. The lowest BCUT2D eigenvalue weighted by Gasteiger charge is -2.32. The zero-order valence-electron chi connectivity index (χ0n) is 12.2. The number of hydrogen-bond acceptors (Lipinski definition) is 8. The molecule has 0 aliphatic carbocycles. The Morgan fingerprint density at radius 1 is 0.857 bits per heavy atom. The van der Waals surface area contributed by atoms with Gasteiger partial charge < -0.3 is 0 Å². The summed E-state index contributed by atoms with van der Waals surface area (Å²) >= 11 is 31.0. The van der Waals surface area contributed by atoms with Gasteiger partial charge in [-0.1, -0.05) is 6.42 Å². The smallest absolute Gasteiger partial charge is 0.105 e. The van der Waals surface area contributed by atoms with Gasteiger partial charge in [0, 0.05) is 16.8 Å². The fourth-order valence-corrected chi connectivity index (χ4v) is 7.21. The molecule has 0 rings (SSSR count). The van der Waals surface area contributed by atoms with Crippen molar-refractivity contribution >= 4 is 99.3 Å². The summed E-state index contributed by atoms with van der Waals surface area (Å²) in [6.07, 6.45) is 4.53. The molecule has 0 aliphatic rings. The fourth-order valence-electron chi connectivity index (χ4n) is 1.92. The number of thioether (sulfide) groups is 2. The van der Waals surface area contributed by atoms with Crippen LogP contribution >= 0.6 is 99.3 Å². The number of hydrogen-bond donors (Lipinski definition) is 6. The monoisotopic (exact) mass is 440 g/mol. The Morgan fingerprint density at radius 3 is 1.86 bits per heavy atom. The summed E-state index contributed by atoms with van der Waals surface area (Å²) in [6.45, 7) is 0. The highest BCUT2D eigenvalue weighted by atomic mass is 32.3. The van der Waals surface area contributed by atoms with Crippen molar-refractivity contribution < 1.29 is 0 Å². The summed E-state index contributed by atoms with van der Waals surface area (Å²) in [4.78, 5) is 0. The molecule has 0 bridgehead atoms. The van der Waals surface area contributed by atoms with Gasteiger partial charge in [-0.3, -0.25) is 0 Å². The minimum atomic E-state index is -0.0946. The Hall–Kier alpha value is 2.80. The van der Waals surface area contributed by atoms with E-state index in [1.807, 2.05) is 23.5 Å². The van der Waals surface area contributed by atoms with E-state index in [1.54, 1.807) is 0 Å². The number of rotatable bonds is 14. The van der Waals surface area contributed by atoms with Gasteiger partial charge in [-0.05, 0) is 48.2 Å². The molecule has 0 amide bonds. The predicted octanol–water partition coefficient (Wildman–Crippen LogP) is 5.23. The van der Waals surface area contributed by atoms with Gasteiger partial charge >= 0.3 is 0 Å². The van der Waals surface area contributed by atoms with Crippen molar-refractivity contribution in [2.45, 2.75) is 34.3 Å². The molecule has 0 radical (unpaired) electrons. The van der Waals surface area contributed by atoms with Crippen LogP contribution in [-0.4, -0.2) is 43.2 Å². The maximum atomic E-state index is 4.94. The van der Waals surface area contributed by atoms with Crippen LogP contribution in [0.1, 0.15) is 25.7 Å². The van der Waals surface area contributed by atoms with Crippen LogP contribution in [0.15, 0.2) is 0 Å². The molecular formula is C13H28S8. The minimum Gasteiger partial charge on any atom is -0.179 e. The SMILES string of the molecule is SCCCCC(CS)C(S)CC(S)(SCCS)SCCS. The largest absolute Gasteiger partial charge is 0.179 e. The first-order valence-electron chi connectivity index (χ1n) is 7.14. The molecule has 0 aliphatic heterocycles. The third kappa shape index (κ3) is 11.9. The van der Waals surface area contributed by atoms with Crippen LogP contribution in [0.4, 0.5) is 0 Å². The van der Waals surface area contributed by atoms with Gasteiger partial charge in [-0.25, -0.2) is 0 Å². The van der Waals surface area contributed by atoms with Crippen LogP contribution in [0.3, 0.4) is 0 Å². The molecule has 0 N–H and O–H groups in total. The van der Waals surface area contributed by atoms with Crippen molar-refractivity contribution in [2.24, 2.45) is 5.92 Å². The molecule has 0 fully saturated rings. The zero-order chi connectivity index (χ0) is 16.1. The summed E-state index contributed by atoms with van der Waals surface area (Å²) in [5, 5.41) is 0.333. The van der Waals surface area contributed by atoms with Crippen molar-refractivity contribution in [2.75, 3.05) is 34.5 Å². The van der Waals surface area contributed by atoms with E-state index < -0.39 is 0 Å². The summed E-state index contributed by atoms with van der Waals surface area (Å²) in [7, 11) is 0. The molecule has 0 saturated carbocycles. The molecule has 0 heterocycles. The summed E-state index contributed by atoms with van der Waals surface area (Å²) in [5.41, 5.74) is 0. The highest BCUT2D eigenvalue weighted by molar-refractivity contribution is 8.29. The van der Waals surface area contributed by atoms with Crippen LogP contribution in [0.5, 0.6) is 0 Å². The van der Waals surface area contributed by atoms with Gasteiger partial charge in [0.1, 0.15) is 3.41 Å². The van der Waals surface area contributed by atoms with Crippen molar-refractivity contribution in [1.29, 1.82) is 0 Å². The second-order valence-corrected chi connectivity index (χ2v) is 11.6. The lowest BCUT2D eigenvalue weighted by molar-refractivity contribution is 0.486. The third-order valence-electron chi connectivity index (χ3n) is 3.07.